The molecule has 1 aromatic heterocycles. The summed E-state index contributed by atoms with van der Waals surface area (Å²) < 4.78 is 19.9. The molecule has 0 saturated heterocycles. The van der Waals surface area contributed by atoms with Gasteiger partial charge in [-0.15, -0.1) is 35.3 Å². The monoisotopic (exact) mass is 532 g/mol. The van der Waals surface area contributed by atoms with Crippen LogP contribution in [0.4, 0.5) is 4.39 Å². The van der Waals surface area contributed by atoms with Crippen LogP contribution in [0.1, 0.15) is 46.9 Å². The highest BCUT2D eigenvalue weighted by Crippen LogP contribution is 2.30. The van der Waals surface area contributed by atoms with Gasteiger partial charge < -0.3 is 15.4 Å². The zero-order chi connectivity index (χ0) is 20.1. The zero-order valence-corrected chi connectivity index (χ0v) is 20.6. The molecule has 0 radical (unpaired) electrons. The van der Waals surface area contributed by atoms with Crippen molar-refractivity contribution in [1.29, 1.82) is 0 Å². The van der Waals surface area contributed by atoms with Crippen molar-refractivity contribution >= 4 is 41.3 Å². The Morgan fingerprint density at radius 1 is 1.38 bits per heavy atom. The molecule has 2 N–H and O–H groups in total. The van der Waals surface area contributed by atoms with E-state index in [2.05, 4.69) is 20.6 Å². The Bertz CT molecular complexity index is 838. The van der Waals surface area contributed by atoms with Gasteiger partial charge in [0.05, 0.1) is 23.4 Å². The number of thiazole rings is 1. The molecule has 1 fully saturated rings. The Hall–Kier alpha value is -1.42. The van der Waals surface area contributed by atoms with Crippen LogP contribution in [0.2, 0.25) is 0 Å². The Labute approximate surface area is 193 Å². The predicted octanol–water partition coefficient (Wildman–Crippen LogP) is 4.77. The van der Waals surface area contributed by atoms with E-state index in [1.54, 1.807) is 24.5 Å². The molecule has 0 bridgehead atoms. The Balaban J connectivity index is 0.00000300. The van der Waals surface area contributed by atoms with E-state index in [1.807, 2.05) is 26.8 Å². The van der Waals surface area contributed by atoms with Crippen molar-refractivity contribution in [2.45, 2.75) is 46.1 Å². The van der Waals surface area contributed by atoms with Crippen molar-refractivity contribution in [3.05, 3.63) is 45.2 Å². The van der Waals surface area contributed by atoms with Crippen molar-refractivity contribution < 1.29 is 9.13 Å². The third kappa shape index (κ3) is 7.09. The van der Waals surface area contributed by atoms with E-state index in [4.69, 9.17) is 4.74 Å². The molecule has 1 aliphatic rings. The number of rotatable bonds is 8. The molecule has 8 heteroatoms. The number of halogens is 2. The molecule has 1 aromatic carbocycles. The Morgan fingerprint density at radius 2 is 2.14 bits per heavy atom. The Kier molecular flexibility index (Phi) is 9.13. The minimum Gasteiger partial charge on any atom is -0.490 e. The van der Waals surface area contributed by atoms with Gasteiger partial charge in [0, 0.05) is 24.9 Å². The largest absolute Gasteiger partial charge is 0.490 e. The van der Waals surface area contributed by atoms with Crippen LogP contribution < -0.4 is 15.4 Å². The normalized spacial score (nSPS) is 14.9. The third-order valence-corrected chi connectivity index (χ3v) is 5.98. The van der Waals surface area contributed by atoms with Crippen molar-refractivity contribution in [1.82, 2.24) is 15.6 Å². The highest BCUT2D eigenvalue weighted by Gasteiger charge is 2.22. The van der Waals surface area contributed by atoms with E-state index in [1.165, 1.54) is 23.8 Å². The number of aliphatic imine (C=N–C) groups is 1. The first-order valence-corrected chi connectivity index (χ1v) is 10.6. The third-order valence-electron chi connectivity index (χ3n) is 4.85. The predicted molar refractivity (Wildman–Crippen MR) is 128 cm³/mol. The molecule has 1 aliphatic carbocycles. The van der Waals surface area contributed by atoms with Gasteiger partial charge in [-0.05, 0) is 57.2 Å². The molecular weight excluding hydrogens is 502 g/mol. The van der Waals surface area contributed by atoms with Crippen molar-refractivity contribution in [2.24, 2.45) is 10.9 Å². The van der Waals surface area contributed by atoms with E-state index < -0.39 is 0 Å². The summed E-state index contributed by atoms with van der Waals surface area (Å²) >= 11 is 1.73. The number of hydrogen-bond donors (Lipinski definition) is 2. The molecule has 2 aromatic rings. The van der Waals surface area contributed by atoms with Gasteiger partial charge in [-0.1, -0.05) is 6.07 Å². The topological polar surface area (TPSA) is 58.5 Å². The molecule has 3 rings (SSSR count). The number of guanidine groups is 1. The summed E-state index contributed by atoms with van der Waals surface area (Å²) in [5, 5.41) is 7.73. The molecule has 1 atom stereocenters. The van der Waals surface area contributed by atoms with Crippen LogP contribution in [0.3, 0.4) is 0 Å². The molecule has 29 heavy (non-hydrogen) atoms. The SMILES string of the molecule is CN=C(NCCc1sc(C)nc1C)NC(C)c1ccc(OCC2CC2)c(F)c1.I. The van der Waals surface area contributed by atoms with Gasteiger partial charge in [0.2, 0.25) is 0 Å². The molecule has 1 heterocycles. The number of aromatic nitrogens is 1. The molecular formula is C21H30FIN4OS. The summed E-state index contributed by atoms with van der Waals surface area (Å²) in [5.74, 6) is 1.32. The minimum absolute atomic E-state index is 0. The van der Waals surface area contributed by atoms with Gasteiger partial charge in [0.15, 0.2) is 17.5 Å². The summed E-state index contributed by atoms with van der Waals surface area (Å²) in [6.07, 6.45) is 3.28. The fourth-order valence-corrected chi connectivity index (χ4v) is 3.92. The van der Waals surface area contributed by atoms with E-state index in [-0.39, 0.29) is 35.8 Å². The average Bonchev–Trinajstić information content (AvgIpc) is 3.43. The average molecular weight is 532 g/mol. The van der Waals surface area contributed by atoms with Crippen molar-refractivity contribution in [3.63, 3.8) is 0 Å². The molecule has 0 spiro atoms. The number of hydrogen-bond acceptors (Lipinski definition) is 4. The smallest absolute Gasteiger partial charge is 0.191 e. The van der Waals surface area contributed by atoms with Gasteiger partial charge in [0.25, 0.3) is 0 Å². The molecule has 5 nitrogen and oxygen atoms in total. The van der Waals surface area contributed by atoms with Crippen LogP contribution in [-0.2, 0) is 6.42 Å². The first kappa shape index (κ1) is 23.9. The lowest BCUT2D eigenvalue weighted by atomic mass is 10.1. The first-order valence-electron chi connectivity index (χ1n) is 9.78. The zero-order valence-electron chi connectivity index (χ0n) is 17.4. The van der Waals surface area contributed by atoms with Crippen molar-refractivity contribution in [3.8, 4) is 5.75 Å². The van der Waals surface area contributed by atoms with Gasteiger partial charge in [-0.25, -0.2) is 9.37 Å². The lowest BCUT2D eigenvalue weighted by Crippen LogP contribution is -2.39. The van der Waals surface area contributed by atoms with Gasteiger partial charge >= 0.3 is 0 Å². The van der Waals surface area contributed by atoms with Crippen LogP contribution in [-0.4, -0.2) is 31.1 Å². The highest BCUT2D eigenvalue weighted by atomic mass is 127. The molecule has 0 aliphatic heterocycles. The molecule has 1 unspecified atom stereocenters. The first-order chi connectivity index (χ1) is 13.5. The molecule has 1 saturated carbocycles. The van der Waals surface area contributed by atoms with Crippen LogP contribution in [0.15, 0.2) is 23.2 Å². The maximum absolute atomic E-state index is 14.3. The highest BCUT2D eigenvalue weighted by molar-refractivity contribution is 14.0. The number of nitrogens with one attached hydrogen (secondary N) is 2. The second kappa shape index (κ2) is 11.1. The number of ether oxygens (including phenoxy) is 1. The summed E-state index contributed by atoms with van der Waals surface area (Å²) in [7, 11) is 1.74. The van der Waals surface area contributed by atoms with Crippen LogP contribution in [0, 0.1) is 25.6 Å². The van der Waals surface area contributed by atoms with E-state index in [0.717, 1.165) is 29.2 Å². The lowest BCUT2D eigenvalue weighted by Gasteiger charge is -2.19. The summed E-state index contributed by atoms with van der Waals surface area (Å²) in [5.41, 5.74) is 1.95. The second-order valence-corrected chi connectivity index (χ2v) is 8.59. The van der Waals surface area contributed by atoms with E-state index in [9.17, 15) is 4.39 Å². The minimum atomic E-state index is -0.314. The second-order valence-electron chi connectivity index (χ2n) is 7.30. The quantitative estimate of drug-likeness (QED) is 0.292. The molecule has 0 amide bonds. The van der Waals surface area contributed by atoms with Crippen LogP contribution in [0.5, 0.6) is 5.75 Å². The van der Waals surface area contributed by atoms with Gasteiger partial charge in [-0.2, -0.15) is 0 Å². The number of benzene rings is 1. The summed E-state index contributed by atoms with van der Waals surface area (Å²) in [4.78, 5) is 10.0. The fourth-order valence-electron chi connectivity index (χ4n) is 2.98. The lowest BCUT2D eigenvalue weighted by molar-refractivity contribution is 0.285. The van der Waals surface area contributed by atoms with Gasteiger partial charge in [0.1, 0.15) is 0 Å². The van der Waals surface area contributed by atoms with Crippen LogP contribution in [0.25, 0.3) is 0 Å². The van der Waals surface area contributed by atoms with E-state index in [0.29, 0.717) is 24.2 Å². The van der Waals surface area contributed by atoms with Gasteiger partial charge in [-0.3, -0.25) is 4.99 Å². The standard InChI is InChI=1S/C21H29FN4OS.HI/c1-13(17-7-8-19(18(22)11-17)27-12-16-5-6-16)26-21(23-4)24-10-9-20-14(2)25-15(3)28-20;/h7-8,11,13,16H,5-6,9-10,12H2,1-4H3,(H2,23,24,26);1H. The maximum atomic E-state index is 14.3. The summed E-state index contributed by atoms with van der Waals surface area (Å²) in [6.45, 7) is 7.43. The van der Waals surface area contributed by atoms with E-state index >= 15 is 0 Å². The maximum Gasteiger partial charge on any atom is 0.191 e. The van der Waals surface area contributed by atoms with Crippen LogP contribution >= 0.6 is 35.3 Å². The number of nitrogens with zero attached hydrogens (tertiary/aromatic N) is 2. The Morgan fingerprint density at radius 3 is 2.72 bits per heavy atom. The number of aryl methyl sites for hydroxylation is 2. The summed E-state index contributed by atoms with van der Waals surface area (Å²) in [6, 6.07) is 5.08. The van der Waals surface area contributed by atoms with Crippen molar-refractivity contribution in [2.75, 3.05) is 20.2 Å². The fraction of sp³-hybridized carbons (Fsp3) is 0.524. The molecule has 160 valence electrons.